The van der Waals surface area contributed by atoms with Gasteiger partial charge >= 0.3 is 5.97 Å². The zero-order valence-electron chi connectivity index (χ0n) is 8.36. The van der Waals surface area contributed by atoms with Crippen molar-refractivity contribution in [3.8, 4) is 5.75 Å². The fraction of sp³-hybridized carbons (Fsp3) is 0.364. The molecule has 0 saturated heterocycles. The van der Waals surface area contributed by atoms with Gasteiger partial charge in [0.15, 0.2) is 0 Å². The number of rotatable bonds is 4. The quantitative estimate of drug-likeness (QED) is 0.798. The Morgan fingerprint density at radius 3 is 2.71 bits per heavy atom. The summed E-state index contributed by atoms with van der Waals surface area (Å²) in [4.78, 5) is 10.5. The Hall–Kier alpha value is -1.51. The van der Waals surface area contributed by atoms with Crippen LogP contribution in [0.2, 0.25) is 0 Å². The average molecular weight is 194 g/mol. The Balaban J connectivity index is 2.54. The van der Waals surface area contributed by atoms with Gasteiger partial charge in [-0.2, -0.15) is 0 Å². The van der Waals surface area contributed by atoms with E-state index in [-0.39, 0.29) is 6.61 Å². The van der Waals surface area contributed by atoms with Gasteiger partial charge in [-0.1, -0.05) is 18.2 Å². The molecule has 0 spiro atoms. The van der Waals surface area contributed by atoms with E-state index in [0.717, 1.165) is 11.3 Å². The molecule has 0 radical (unpaired) electrons. The van der Waals surface area contributed by atoms with E-state index < -0.39 is 11.9 Å². The van der Waals surface area contributed by atoms with Crippen molar-refractivity contribution < 1.29 is 14.6 Å². The van der Waals surface area contributed by atoms with Gasteiger partial charge in [0.05, 0.1) is 5.92 Å². The standard InChI is InChI=1S/C11H14O3/c1-8-5-3-4-6-10(8)14-7-9(2)11(12)13/h3-6,9H,7H2,1-2H3,(H,12,13). The van der Waals surface area contributed by atoms with E-state index in [2.05, 4.69) is 0 Å². The number of para-hydroxylation sites is 1. The summed E-state index contributed by atoms with van der Waals surface area (Å²) in [7, 11) is 0. The molecule has 0 fully saturated rings. The molecule has 0 aliphatic heterocycles. The summed E-state index contributed by atoms with van der Waals surface area (Å²) in [5.41, 5.74) is 1.02. The van der Waals surface area contributed by atoms with Crippen LogP contribution >= 0.6 is 0 Å². The van der Waals surface area contributed by atoms with Crippen molar-refractivity contribution >= 4 is 5.97 Å². The van der Waals surface area contributed by atoms with E-state index in [0.29, 0.717) is 0 Å². The van der Waals surface area contributed by atoms with Gasteiger partial charge in [0.25, 0.3) is 0 Å². The van der Waals surface area contributed by atoms with Gasteiger partial charge in [-0.15, -0.1) is 0 Å². The largest absolute Gasteiger partial charge is 0.492 e. The summed E-state index contributed by atoms with van der Waals surface area (Å²) in [5.74, 6) is -0.561. The van der Waals surface area contributed by atoms with Crippen LogP contribution in [-0.4, -0.2) is 17.7 Å². The Morgan fingerprint density at radius 1 is 1.50 bits per heavy atom. The molecule has 1 rings (SSSR count). The minimum absolute atomic E-state index is 0.209. The number of aryl methyl sites for hydroxylation is 1. The lowest BCUT2D eigenvalue weighted by Gasteiger charge is -2.10. The van der Waals surface area contributed by atoms with Gasteiger partial charge in [0, 0.05) is 0 Å². The summed E-state index contributed by atoms with van der Waals surface area (Å²) in [6.45, 7) is 3.77. The second-order valence-electron chi connectivity index (χ2n) is 3.32. The lowest BCUT2D eigenvalue weighted by Crippen LogP contribution is -2.18. The molecule has 0 heterocycles. The third-order valence-electron chi connectivity index (χ3n) is 2.00. The van der Waals surface area contributed by atoms with Crippen LogP contribution in [-0.2, 0) is 4.79 Å². The van der Waals surface area contributed by atoms with E-state index in [4.69, 9.17) is 9.84 Å². The van der Waals surface area contributed by atoms with Gasteiger partial charge in [-0.25, -0.2) is 0 Å². The monoisotopic (exact) mass is 194 g/mol. The number of hydrogen-bond donors (Lipinski definition) is 1. The molecule has 1 aromatic carbocycles. The summed E-state index contributed by atoms with van der Waals surface area (Å²) >= 11 is 0. The molecule has 14 heavy (non-hydrogen) atoms. The molecule has 3 heteroatoms. The lowest BCUT2D eigenvalue weighted by molar-refractivity contribution is -0.142. The van der Waals surface area contributed by atoms with Crippen LogP contribution in [0.4, 0.5) is 0 Å². The Bertz CT molecular complexity index is 320. The van der Waals surface area contributed by atoms with Gasteiger partial charge in [0.2, 0.25) is 0 Å². The number of ether oxygens (including phenoxy) is 1. The van der Waals surface area contributed by atoms with Crippen molar-refractivity contribution in [3.63, 3.8) is 0 Å². The SMILES string of the molecule is Cc1ccccc1OCC(C)C(=O)O. The minimum atomic E-state index is -0.835. The van der Waals surface area contributed by atoms with E-state index in [1.165, 1.54) is 0 Å². The number of aliphatic carboxylic acids is 1. The van der Waals surface area contributed by atoms with Crippen LogP contribution in [0.3, 0.4) is 0 Å². The summed E-state index contributed by atoms with van der Waals surface area (Å²) < 4.78 is 5.38. The first-order chi connectivity index (χ1) is 6.61. The highest BCUT2D eigenvalue weighted by Gasteiger charge is 2.11. The second-order valence-corrected chi connectivity index (χ2v) is 3.32. The van der Waals surface area contributed by atoms with Crippen molar-refractivity contribution in [2.75, 3.05) is 6.61 Å². The Morgan fingerprint density at radius 2 is 2.14 bits per heavy atom. The summed E-state index contributed by atoms with van der Waals surface area (Å²) in [6.07, 6.45) is 0. The highest BCUT2D eigenvalue weighted by Crippen LogP contribution is 2.16. The first-order valence-electron chi connectivity index (χ1n) is 4.52. The smallest absolute Gasteiger partial charge is 0.309 e. The Labute approximate surface area is 83.3 Å². The first kappa shape index (κ1) is 10.6. The van der Waals surface area contributed by atoms with Crippen molar-refractivity contribution in [1.82, 2.24) is 0 Å². The van der Waals surface area contributed by atoms with E-state index >= 15 is 0 Å². The predicted molar refractivity (Wildman–Crippen MR) is 53.5 cm³/mol. The molecule has 0 saturated carbocycles. The topological polar surface area (TPSA) is 46.5 Å². The van der Waals surface area contributed by atoms with Crippen molar-refractivity contribution in [2.45, 2.75) is 13.8 Å². The molecule has 3 nitrogen and oxygen atoms in total. The molecule has 1 unspecified atom stereocenters. The molecule has 1 N–H and O–H groups in total. The van der Waals surface area contributed by atoms with Crippen molar-refractivity contribution in [3.05, 3.63) is 29.8 Å². The van der Waals surface area contributed by atoms with Crippen LogP contribution in [0.5, 0.6) is 5.75 Å². The zero-order chi connectivity index (χ0) is 10.6. The number of carbonyl (C=O) groups is 1. The van der Waals surface area contributed by atoms with Crippen LogP contribution in [0.15, 0.2) is 24.3 Å². The normalized spacial score (nSPS) is 12.1. The molecule has 0 aliphatic carbocycles. The zero-order valence-corrected chi connectivity index (χ0v) is 8.36. The van der Waals surface area contributed by atoms with Gasteiger partial charge in [0.1, 0.15) is 12.4 Å². The summed E-state index contributed by atoms with van der Waals surface area (Å²) in [5, 5.41) is 8.65. The van der Waals surface area contributed by atoms with Gasteiger partial charge < -0.3 is 9.84 Å². The molecular formula is C11H14O3. The predicted octanol–water partition coefficient (Wildman–Crippen LogP) is 2.09. The molecule has 1 aromatic rings. The molecule has 0 amide bonds. The Kier molecular flexibility index (Phi) is 3.51. The maximum Gasteiger partial charge on any atom is 0.309 e. The maximum atomic E-state index is 10.5. The minimum Gasteiger partial charge on any atom is -0.492 e. The van der Waals surface area contributed by atoms with Gasteiger partial charge in [-0.05, 0) is 25.5 Å². The van der Waals surface area contributed by atoms with Crippen LogP contribution < -0.4 is 4.74 Å². The highest BCUT2D eigenvalue weighted by atomic mass is 16.5. The third kappa shape index (κ3) is 2.76. The molecule has 76 valence electrons. The lowest BCUT2D eigenvalue weighted by atomic mass is 10.2. The highest BCUT2D eigenvalue weighted by molar-refractivity contribution is 5.69. The number of carboxylic acid groups (broad SMARTS) is 1. The van der Waals surface area contributed by atoms with Crippen LogP contribution in [0.1, 0.15) is 12.5 Å². The fourth-order valence-electron chi connectivity index (χ4n) is 1.00. The third-order valence-corrected chi connectivity index (χ3v) is 2.00. The number of hydrogen-bond acceptors (Lipinski definition) is 2. The molecular weight excluding hydrogens is 180 g/mol. The molecule has 0 bridgehead atoms. The second kappa shape index (κ2) is 4.65. The maximum absolute atomic E-state index is 10.5. The van der Waals surface area contributed by atoms with Crippen LogP contribution in [0, 0.1) is 12.8 Å². The number of carboxylic acids is 1. The van der Waals surface area contributed by atoms with Gasteiger partial charge in [-0.3, -0.25) is 4.79 Å². The van der Waals surface area contributed by atoms with Crippen molar-refractivity contribution in [1.29, 1.82) is 0 Å². The molecule has 0 aromatic heterocycles. The van der Waals surface area contributed by atoms with E-state index in [1.807, 2.05) is 31.2 Å². The van der Waals surface area contributed by atoms with Crippen LogP contribution in [0.25, 0.3) is 0 Å². The average Bonchev–Trinajstić information content (AvgIpc) is 2.16. The fourth-order valence-corrected chi connectivity index (χ4v) is 1.00. The van der Waals surface area contributed by atoms with E-state index in [9.17, 15) is 4.79 Å². The molecule has 1 atom stereocenters. The van der Waals surface area contributed by atoms with E-state index in [1.54, 1.807) is 6.92 Å². The number of benzene rings is 1. The first-order valence-corrected chi connectivity index (χ1v) is 4.52. The molecule has 0 aliphatic rings. The van der Waals surface area contributed by atoms with Crippen molar-refractivity contribution in [2.24, 2.45) is 5.92 Å². The summed E-state index contributed by atoms with van der Waals surface area (Å²) in [6, 6.07) is 7.56.